The summed E-state index contributed by atoms with van der Waals surface area (Å²) in [5, 5.41) is 33.8. The summed E-state index contributed by atoms with van der Waals surface area (Å²) in [4.78, 5) is 23.2. The van der Waals surface area contributed by atoms with Crippen molar-refractivity contribution in [3.63, 3.8) is 0 Å². The van der Waals surface area contributed by atoms with Crippen LogP contribution in [-0.4, -0.2) is 42.1 Å². The number of aliphatic hydroxyl groups excluding tert-OH is 1. The maximum atomic E-state index is 13.2. The lowest BCUT2D eigenvalue weighted by molar-refractivity contribution is -0.387. The van der Waals surface area contributed by atoms with Gasteiger partial charge in [0.05, 0.1) is 4.92 Å². The second-order valence-corrected chi connectivity index (χ2v) is 9.86. The maximum absolute atomic E-state index is 13.2. The average Bonchev–Trinajstić information content (AvgIpc) is 2.87. The minimum Gasteiger partial charge on any atom is -0.508 e. The highest BCUT2D eigenvalue weighted by Crippen LogP contribution is 2.24. The van der Waals surface area contributed by atoms with E-state index in [0.29, 0.717) is 12.0 Å². The van der Waals surface area contributed by atoms with Crippen molar-refractivity contribution in [2.75, 3.05) is 6.61 Å². The third kappa shape index (κ3) is 7.11. The van der Waals surface area contributed by atoms with E-state index in [2.05, 4.69) is 10.0 Å². The number of nitrogens with zero attached hydrogens (tertiary/aromatic N) is 1. The van der Waals surface area contributed by atoms with Crippen LogP contribution in [0.25, 0.3) is 0 Å². The number of benzene rings is 3. The number of nitro groups is 1. The van der Waals surface area contributed by atoms with Crippen molar-refractivity contribution >= 4 is 21.6 Å². The number of nitrogens with one attached hydrogen (secondary N) is 2. The Kier molecular flexibility index (Phi) is 9.12. The second-order valence-electron chi connectivity index (χ2n) is 8.18. The molecule has 0 fully saturated rings. The van der Waals surface area contributed by atoms with Crippen LogP contribution in [0.2, 0.25) is 0 Å². The first-order valence-corrected chi connectivity index (χ1v) is 12.7. The van der Waals surface area contributed by atoms with E-state index < -0.39 is 50.0 Å². The predicted octanol–water partition coefficient (Wildman–Crippen LogP) is 2.51. The number of aryl methyl sites for hydroxylation is 1. The van der Waals surface area contributed by atoms with Gasteiger partial charge >= 0.3 is 0 Å². The quantitative estimate of drug-likeness (QED) is 0.214. The van der Waals surface area contributed by atoms with Crippen molar-refractivity contribution in [1.82, 2.24) is 10.0 Å². The van der Waals surface area contributed by atoms with Gasteiger partial charge in [0, 0.05) is 25.1 Å². The summed E-state index contributed by atoms with van der Waals surface area (Å²) in [5.41, 5.74) is 0.888. The smallest absolute Gasteiger partial charge is 0.289 e. The van der Waals surface area contributed by atoms with Gasteiger partial charge in [-0.3, -0.25) is 14.9 Å². The number of hydrogen-bond donors (Lipinski definition) is 4. The van der Waals surface area contributed by atoms with E-state index in [4.69, 9.17) is 0 Å². The fourth-order valence-electron chi connectivity index (χ4n) is 3.76. The van der Waals surface area contributed by atoms with Gasteiger partial charge in [-0.05, 0) is 42.2 Å². The van der Waals surface area contributed by atoms with E-state index in [1.807, 2.05) is 30.3 Å². The molecule has 0 saturated heterocycles. The van der Waals surface area contributed by atoms with E-state index in [9.17, 15) is 33.5 Å². The van der Waals surface area contributed by atoms with Gasteiger partial charge in [0.1, 0.15) is 11.8 Å². The summed E-state index contributed by atoms with van der Waals surface area (Å²) >= 11 is 0. The molecule has 0 radical (unpaired) electrons. The zero-order valence-electron chi connectivity index (χ0n) is 19.3. The van der Waals surface area contributed by atoms with Crippen LogP contribution in [0, 0.1) is 16.0 Å². The summed E-state index contributed by atoms with van der Waals surface area (Å²) in [6.07, 6.45) is 0.736. The first-order valence-electron chi connectivity index (χ1n) is 11.2. The van der Waals surface area contributed by atoms with Gasteiger partial charge in [-0.15, -0.1) is 0 Å². The fraction of sp³-hybridized carbons (Fsp3) is 0.240. The number of carbonyl (C=O) groups excluding carboxylic acids is 1. The Morgan fingerprint density at radius 2 is 1.64 bits per heavy atom. The molecule has 3 rings (SSSR count). The fourth-order valence-corrected chi connectivity index (χ4v) is 5.19. The second kappa shape index (κ2) is 12.2. The maximum Gasteiger partial charge on any atom is 0.289 e. The normalized spacial score (nSPS) is 13.0. The first-order chi connectivity index (χ1) is 17.2. The van der Waals surface area contributed by atoms with Crippen LogP contribution in [0.1, 0.15) is 17.5 Å². The van der Waals surface area contributed by atoms with Gasteiger partial charge in [0.25, 0.3) is 5.69 Å². The van der Waals surface area contributed by atoms with E-state index >= 15 is 0 Å². The van der Waals surface area contributed by atoms with Crippen LogP contribution < -0.4 is 10.0 Å². The lowest BCUT2D eigenvalue weighted by atomic mass is 9.93. The third-order valence-corrected chi connectivity index (χ3v) is 7.13. The molecule has 1 unspecified atom stereocenters. The molecule has 2 atom stereocenters. The Morgan fingerprint density at radius 1 is 0.972 bits per heavy atom. The Hall–Kier alpha value is -3.80. The molecule has 0 bridgehead atoms. The van der Waals surface area contributed by atoms with Gasteiger partial charge < -0.3 is 15.5 Å². The molecule has 0 aliphatic heterocycles. The van der Waals surface area contributed by atoms with E-state index in [1.165, 1.54) is 24.3 Å². The van der Waals surface area contributed by atoms with Gasteiger partial charge in [0.2, 0.25) is 15.9 Å². The molecule has 0 saturated carbocycles. The number of phenolic OH excluding ortho intramolecular Hbond substituents is 1. The van der Waals surface area contributed by atoms with E-state index in [-0.39, 0.29) is 18.7 Å². The van der Waals surface area contributed by atoms with E-state index in [1.54, 1.807) is 12.1 Å². The molecule has 0 heterocycles. The van der Waals surface area contributed by atoms with Gasteiger partial charge in [0.15, 0.2) is 4.90 Å². The highest BCUT2D eigenvalue weighted by molar-refractivity contribution is 7.89. The van der Waals surface area contributed by atoms with Crippen molar-refractivity contribution in [3.8, 4) is 5.75 Å². The molecular weight excluding hydrogens is 486 g/mol. The molecule has 3 aromatic carbocycles. The number of aliphatic hydroxyl groups is 1. The molecular formula is C25H27N3O7S. The van der Waals surface area contributed by atoms with Crippen molar-refractivity contribution in [3.05, 3.63) is 100 Å². The molecule has 0 aliphatic rings. The summed E-state index contributed by atoms with van der Waals surface area (Å²) < 4.78 is 28.6. The van der Waals surface area contributed by atoms with Crippen molar-refractivity contribution in [1.29, 1.82) is 0 Å². The lowest BCUT2D eigenvalue weighted by Gasteiger charge is -2.26. The van der Waals surface area contributed by atoms with Crippen LogP contribution >= 0.6 is 0 Å². The molecule has 3 aromatic rings. The van der Waals surface area contributed by atoms with Crippen molar-refractivity contribution in [2.24, 2.45) is 5.92 Å². The molecule has 36 heavy (non-hydrogen) atoms. The highest BCUT2D eigenvalue weighted by Gasteiger charge is 2.35. The summed E-state index contributed by atoms with van der Waals surface area (Å²) in [6, 6.07) is 18.9. The van der Waals surface area contributed by atoms with Gasteiger partial charge in [-0.25, -0.2) is 8.42 Å². The Morgan fingerprint density at radius 3 is 2.31 bits per heavy atom. The number of hydrogen-bond acceptors (Lipinski definition) is 7. The number of para-hydroxylation sites is 1. The highest BCUT2D eigenvalue weighted by atomic mass is 32.2. The Balaban J connectivity index is 1.87. The number of carbonyl (C=O) groups is 1. The van der Waals surface area contributed by atoms with Crippen LogP contribution in [0.5, 0.6) is 5.75 Å². The molecule has 0 aromatic heterocycles. The zero-order chi connectivity index (χ0) is 26.1. The van der Waals surface area contributed by atoms with Crippen molar-refractivity contribution in [2.45, 2.75) is 30.3 Å². The van der Waals surface area contributed by atoms with Crippen LogP contribution in [0.4, 0.5) is 5.69 Å². The predicted molar refractivity (Wildman–Crippen MR) is 132 cm³/mol. The molecule has 0 aliphatic carbocycles. The molecule has 190 valence electrons. The van der Waals surface area contributed by atoms with Gasteiger partial charge in [-0.2, -0.15) is 4.72 Å². The topological polar surface area (TPSA) is 159 Å². The zero-order valence-corrected chi connectivity index (χ0v) is 20.1. The minimum absolute atomic E-state index is 0.00600. The van der Waals surface area contributed by atoms with Crippen molar-refractivity contribution < 1.29 is 28.3 Å². The minimum atomic E-state index is -4.51. The number of sulfonamides is 1. The van der Waals surface area contributed by atoms with Crippen LogP contribution in [0.3, 0.4) is 0 Å². The molecule has 1 amide bonds. The monoisotopic (exact) mass is 513 g/mol. The molecule has 11 heteroatoms. The number of aromatic hydroxyl groups is 1. The van der Waals surface area contributed by atoms with E-state index in [0.717, 1.165) is 17.7 Å². The number of nitro benzene ring substituents is 1. The number of rotatable bonds is 12. The summed E-state index contributed by atoms with van der Waals surface area (Å²) in [6.45, 7) is -0.510. The summed E-state index contributed by atoms with van der Waals surface area (Å²) in [5.74, 6) is -1.54. The van der Waals surface area contributed by atoms with Gasteiger partial charge in [-0.1, -0.05) is 54.6 Å². The largest absolute Gasteiger partial charge is 0.508 e. The average molecular weight is 514 g/mol. The molecule has 10 nitrogen and oxygen atoms in total. The number of amides is 1. The first kappa shape index (κ1) is 26.8. The van der Waals surface area contributed by atoms with Crippen LogP contribution in [-0.2, 0) is 27.8 Å². The van der Waals surface area contributed by atoms with Crippen LogP contribution in [0.15, 0.2) is 83.8 Å². The Labute approximate surface area is 208 Å². The lowest BCUT2D eigenvalue weighted by Crippen LogP contribution is -2.51. The Bertz CT molecular complexity index is 1300. The SMILES string of the molecule is O=C(NCc1cccc(O)c1)C(NS(=O)(=O)c1ccccc1[N+](=O)[O-])[C@@H](CO)CCc1ccccc1. The molecule has 4 N–H and O–H groups in total. The summed E-state index contributed by atoms with van der Waals surface area (Å²) in [7, 11) is -4.51. The standard InChI is InChI=1S/C25H27N3O7S/c29-17-20(14-13-18-7-2-1-3-8-18)24(25(31)26-16-19-9-6-10-21(30)15-19)27-36(34,35)23-12-5-4-11-22(23)28(32)33/h1-12,15,20,24,27,29-30H,13-14,16-17H2,(H,26,31)/t20-,24?/m1/s1. The number of phenols is 1. The molecule has 0 spiro atoms. The third-order valence-electron chi connectivity index (χ3n) is 5.65.